The van der Waals surface area contributed by atoms with Gasteiger partial charge in [0.2, 0.25) is 5.82 Å². The lowest BCUT2D eigenvalue weighted by Gasteiger charge is -2.22. The number of rotatable bonds is 6. The minimum absolute atomic E-state index is 0.0126. The Labute approximate surface area is 174 Å². The Kier molecular flexibility index (Phi) is 5.71. The molecule has 2 N–H and O–H groups in total. The fourth-order valence-electron chi connectivity index (χ4n) is 3.08. The van der Waals surface area contributed by atoms with E-state index in [2.05, 4.69) is 0 Å². The first-order chi connectivity index (χ1) is 14.3. The van der Waals surface area contributed by atoms with E-state index < -0.39 is 34.0 Å². The molecule has 0 saturated heterocycles. The molecule has 3 aromatic carbocycles. The highest BCUT2D eigenvalue weighted by Gasteiger charge is 2.34. The van der Waals surface area contributed by atoms with Crippen LogP contribution in [0.5, 0.6) is 0 Å². The molecule has 156 valence electrons. The second-order valence-corrected chi connectivity index (χ2v) is 8.18. The van der Waals surface area contributed by atoms with Gasteiger partial charge in [-0.05, 0) is 53.6 Å². The molecular weight excluding hydrogens is 419 g/mol. The van der Waals surface area contributed by atoms with Crippen LogP contribution in [0.2, 0.25) is 0 Å². The summed E-state index contributed by atoms with van der Waals surface area (Å²) in [6.07, 6.45) is 1.59. The molecule has 0 heterocycles. The minimum atomic E-state index is -2.15. The monoisotopic (exact) mass is 436 g/mol. The molecule has 0 radical (unpaired) electrons. The van der Waals surface area contributed by atoms with Crippen molar-refractivity contribution < 1.29 is 22.0 Å². The van der Waals surface area contributed by atoms with Crippen molar-refractivity contribution >= 4 is 17.6 Å². The topological polar surface area (TPSA) is 29.3 Å². The first-order valence-corrected chi connectivity index (χ1v) is 10.0. The Morgan fingerprint density at radius 3 is 1.97 bits per heavy atom. The van der Waals surface area contributed by atoms with E-state index >= 15 is 0 Å². The zero-order valence-corrected chi connectivity index (χ0v) is 16.5. The van der Waals surface area contributed by atoms with Gasteiger partial charge in [0.25, 0.3) is 0 Å². The van der Waals surface area contributed by atoms with E-state index in [0.717, 1.165) is 29.5 Å². The van der Waals surface area contributed by atoms with Crippen LogP contribution in [0, 0.1) is 29.1 Å². The standard InChI is InChI=1S/C22H17F5N2S/c23-17-18(24)20(26)22(21(27)19(17)25)30-29(16-8-9-16)11-12-4-6-13(7-5-12)14-2-1-3-15(28)10-14/h1-7,10,16H,8-9,11,28H2. The van der Waals surface area contributed by atoms with E-state index in [-0.39, 0.29) is 6.04 Å². The van der Waals surface area contributed by atoms with Gasteiger partial charge in [-0.15, -0.1) is 0 Å². The average Bonchev–Trinajstić information content (AvgIpc) is 3.59. The zero-order chi connectivity index (χ0) is 21.4. The molecule has 0 aliphatic heterocycles. The normalized spacial score (nSPS) is 13.8. The number of nitrogen functional groups attached to an aromatic ring is 1. The molecule has 1 saturated carbocycles. The molecule has 2 nitrogen and oxygen atoms in total. The number of halogens is 5. The summed E-state index contributed by atoms with van der Waals surface area (Å²) in [6, 6.07) is 15.0. The predicted octanol–water partition coefficient (Wildman–Crippen LogP) is 6.30. The SMILES string of the molecule is Nc1cccc(-c2ccc(CN(Sc3c(F)c(F)c(F)c(F)c3F)C3CC3)cc2)c1. The van der Waals surface area contributed by atoms with Crippen LogP contribution in [0.25, 0.3) is 11.1 Å². The van der Waals surface area contributed by atoms with Crippen molar-refractivity contribution in [3.05, 3.63) is 83.2 Å². The molecule has 1 aliphatic carbocycles. The summed E-state index contributed by atoms with van der Waals surface area (Å²) in [5, 5.41) is 0. The maximum atomic E-state index is 14.1. The second-order valence-electron chi connectivity index (χ2n) is 7.12. The van der Waals surface area contributed by atoms with Gasteiger partial charge in [-0.2, -0.15) is 0 Å². The second kappa shape index (κ2) is 8.28. The predicted molar refractivity (Wildman–Crippen MR) is 107 cm³/mol. The smallest absolute Gasteiger partial charge is 0.200 e. The molecule has 3 aromatic rings. The lowest BCUT2D eigenvalue weighted by molar-refractivity contribution is 0.358. The minimum Gasteiger partial charge on any atom is -0.399 e. The number of hydrogen-bond acceptors (Lipinski definition) is 3. The summed E-state index contributed by atoms with van der Waals surface area (Å²) in [4.78, 5) is -0.880. The molecule has 30 heavy (non-hydrogen) atoms. The first kappa shape index (κ1) is 20.7. The Balaban J connectivity index is 1.56. The molecule has 0 unspecified atom stereocenters. The van der Waals surface area contributed by atoms with Crippen LogP contribution in [-0.4, -0.2) is 10.3 Å². The van der Waals surface area contributed by atoms with Gasteiger partial charge in [0.1, 0.15) is 4.90 Å². The molecule has 1 aliphatic rings. The van der Waals surface area contributed by atoms with E-state index in [9.17, 15) is 22.0 Å². The van der Waals surface area contributed by atoms with Gasteiger partial charge in [0.05, 0.1) is 0 Å². The molecule has 0 spiro atoms. The van der Waals surface area contributed by atoms with Crippen LogP contribution in [0.4, 0.5) is 27.6 Å². The van der Waals surface area contributed by atoms with Crippen LogP contribution in [0.1, 0.15) is 18.4 Å². The summed E-state index contributed by atoms with van der Waals surface area (Å²) in [5.41, 5.74) is 9.22. The molecule has 0 amide bonds. The number of benzene rings is 3. The zero-order valence-electron chi connectivity index (χ0n) is 15.6. The first-order valence-electron chi connectivity index (χ1n) is 9.26. The van der Waals surface area contributed by atoms with Crippen molar-refractivity contribution in [3.63, 3.8) is 0 Å². The van der Waals surface area contributed by atoms with Crippen molar-refractivity contribution in [1.29, 1.82) is 0 Å². The van der Waals surface area contributed by atoms with Gasteiger partial charge in [-0.1, -0.05) is 36.4 Å². The lowest BCUT2D eigenvalue weighted by Crippen LogP contribution is -2.19. The Morgan fingerprint density at radius 1 is 0.800 bits per heavy atom. The van der Waals surface area contributed by atoms with Crippen LogP contribution < -0.4 is 5.73 Å². The molecular formula is C22H17F5N2S. The van der Waals surface area contributed by atoms with E-state index in [1.807, 2.05) is 42.5 Å². The third-order valence-electron chi connectivity index (χ3n) is 4.84. The summed E-state index contributed by atoms with van der Waals surface area (Å²) in [5.74, 6) is -9.63. The van der Waals surface area contributed by atoms with Crippen LogP contribution in [0.15, 0.2) is 53.4 Å². The number of nitrogens with two attached hydrogens (primary N) is 1. The van der Waals surface area contributed by atoms with E-state index in [1.54, 1.807) is 10.4 Å². The highest BCUT2D eigenvalue weighted by molar-refractivity contribution is 7.97. The van der Waals surface area contributed by atoms with E-state index in [1.165, 1.54) is 0 Å². The summed E-state index contributed by atoms with van der Waals surface area (Å²) in [7, 11) is 0. The summed E-state index contributed by atoms with van der Waals surface area (Å²) >= 11 is 0.567. The van der Waals surface area contributed by atoms with Gasteiger partial charge < -0.3 is 5.73 Å². The van der Waals surface area contributed by atoms with Gasteiger partial charge in [-0.25, -0.2) is 26.3 Å². The van der Waals surface area contributed by atoms with Gasteiger partial charge in [0.15, 0.2) is 23.3 Å². The maximum absolute atomic E-state index is 14.1. The summed E-state index contributed by atoms with van der Waals surface area (Å²) in [6.45, 7) is 0.298. The van der Waals surface area contributed by atoms with Crippen molar-refractivity contribution in [1.82, 2.24) is 4.31 Å². The number of anilines is 1. The van der Waals surface area contributed by atoms with Crippen LogP contribution in [0.3, 0.4) is 0 Å². The average molecular weight is 436 g/mol. The highest BCUT2D eigenvalue weighted by Crippen LogP contribution is 2.40. The maximum Gasteiger partial charge on any atom is 0.200 e. The lowest BCUT2D eigenvalue weighted by atomic mass is 10.0. The molecule has 0 atom stereocenters. The summed E-state index contributed by atoms with van der Waals surface area (Å²) < 4.78 is 70.2. The van der Waals surface area contributed by atoms with Gasteiger partial charge >= 0.3 is 0 Å². The fraction of sp³-hybridized carbons (Fsp3) is 0.182. The Hall–Kier alpha value is -2.58. The largest absolute Gasteiger partial charge is 0.399 e. The van der Waals surface area contributed by atoms with Crippen LogP contribution in [-0.2, 0) is 6.54 Å². The van der Waals surface area contributed by atoms with Gasteiger partial charge in [-0.3, -0.25) is 0 Å². The molecule has 0 aromatic heterocycles. The Bertz CT molecular complexity index is 1050. The quantitative estimate of drug-likeness (QED) is 0.162. The van der Waals surface area contributed by atoms with E-state index in [0.29, 0.717) is 24.2 Å². The van der Waals surface area contributed by atoms with E-state index in [4.69, 9.17) is 5.73 Å². The Morgan fingerprint density at radius 2 is 1.40 bits per heavy atom. The molecule has 1 fully saturated rings. The third-order valence-corrected chi connectivity index (χ3v) is 6.05. The number of hydrogen-bond donors (Lipinski definition) is 1. The third kappa shape index (κ3) is 4.15. The highest BCUT2D eigenvalue weighted by atomic mass is 32.2. The van der Waals surface area contributed by atoms with Crippen molar-refractivity contribution in [3.8, 4) is 11.1 Å². The van der Waals surface area contributed by atoms with Gasteiger partial charge in [0, 0.05) is 18.3 Å². The molecule has 0 bridgehead atoms. The molecule has 4 rings (SSSR count). The van der Waals surface area contributed by atoms with Crippen molar-refractivity contribution in [2.75, 3.05) is 5.73 Å². The van der Waals surface area contributed by atoms with Crippen molar-refractivity contribution in [2.24, 2.45) is 0 Å². The number of nitrogens with zero attached hydrogens (tertiary/aromatic N) is 1. The van der Waals surface area contributed by atoms with Crippen molar-refractivity contribution in [2.45, 2.75) is 30.3 Å². The fourth-order valence-corrected chi connectivity index (χ4v) is 4.23. The molecule has 8 heteroatoms. The van der Waals surface area contributed by atoms with Crippen LogP contribution >= 0.6 is 11.9 Å².